The highest BCUT2D eigenvalue weighted by molar-refractivity contribution is 7.19. The van der Waals surface area contributed by atoms with Gasteiger partial charge in [-0.3, -0.25) is 4.90 Å². The molecule has 0 radical (unpaired) electrons. The van der Waals surface area contributed by atoms with Crippen molar-refractivity contribution in [3.05, 3.63) is 34.9 Å². The molecule has 5 nitrogen and oxygen atoms in total. The summed E-state index contributed by atoms with van der Waals surface area (Å²) < 4.78 is 18.1. The standard InChI is InChI=1S/C25H34N2O3S/c1-2-3-14-29-17-18-4-9-22-23(18)24-21(10-11-26-25(24)31-22)30-20-7-5-19(6-8-20)27-12-15-28-16-13-27/h2-3,10-11,18-20H,4-9,12-17H2,1H3/t18-,19?,20?/m1/s1. The summed E-state index contributed by atoms with van der Waals surface area (Å²) in [6, 6.07) is 2.78. The molecule has 0 spiro atoms. The fourth-order valence-corrected chi connectivity index (χ4v) is 6.68. The van der Waals surface area contributed by atoms with E-state index in [1.165, 1.54) is 35.1 Å². The SMILES string of the molecule is CC=CCOC[C@H]1CCc2sc3nccc(OC4CCC(N5CCOCC5)CC4)c3c21. The number of morpholine rings is 1. The number of hydrogen-bond acceptors (Lipinski definition) is 6. The maximum absolute atomic E-state index is 6.65. The maximum Gasteiger partial charge on any atom is 0.131 e. The van der Waals surface area contributed by atoms with E-state index in [2.05, 4.69) is 22.0 Å². The molecule has 6 heteroatoms. The van der Waals surface area contributed by atoms with E-state index in [1.54, 1.807) is 0 Å². The Hall–Kier alpha value is -1.47. The molecular formula is C25H34N2O3S. The van der Waals surface area contributed by atoms with Crippen LogP contribution in [0, 0.1) is 0 Å². The molecule has 3 heterocycles. The third-order valence-corrected chi connectivity index (χ3v) is 8.24. The number of fused-ring (bicyclic) bond motifs is 3. The summed E-state index contributed by atoms with van der Waals surface area (Å²) in [6.45, 7) is 7.44. The topological polar surface area (TPSA) is 43.8 Å². The lowest BCUT2D eigenvalue weighted by molar-refractivity contribution is -0.000920. The minimum Gasteiger partial charge on any atom is -0.490 e. The van der Waals surface area contributed by atoms with E-state index in [4.69, 9.17) is 14.2 Å². The number of aryl methyl sites for hydroxylation is 1. The summed E-state index contributed by atoms with van der Waals surface area (Å²) in [7, 11) is 0. The first kappa shape index (κ1) is 21.4. The summed E-state index contributed by atoms with van der Waals surface area (Å²) in [5.74, 6) is 1.50. The molecule has 0 unspecified atom stereocenters. The second-order valence-electron chi connectivity index (χ2n) is 8.97. The van der Waals surface area contributed by atoms with Gasteiger partial charge in [-0.15, -0.1) is 11.3 Å². The fourth-order valence-electron chi connectivity index (χ4n) is 5.42. The van der Waals surface area contributed by atoms with Gasteiger partial charge in [-0.1, -0.05) is 12.2 Å². The molecule has 0 bridgehead atoms. The molecule has 2 aromatic rings. The monoisotopic (exact) mass is 442 g/mol. The first-order valence-electron chi connectivity index (χ1n) is 11.9. The van der Waals surface area contributed by atoms with Crippen molar-refractivity contribution in [3.8, 4) is 5.75 Å². The Labute approximate surface area is 189 Å². The Morgan fingerprint density at radius 3 is 2.84 bits per heavy atom. The first-order chi connectivity index (χ1) is 15.3. The second-order valence-corrected chi connectivity index (χ2v) is 10.1. The predicted octanol–water partition coefficient (Wildman–Crippen LogP) is 4.94. The summed E-state index contributed by atoms with van der Waals surface area (Å²) >= 11 is 1.85. The minimum absolute atomic E-state index is 0.309. The second kappa shape index (κ2) is 9.99. The van der Waals surface area contributed by atoms with Gasteiger partial charge in [0, 0.05) is 36.1 Å². The maximum atomic E-state index is 6.65. The van der Waals surface area contributed by atoms with Crippen LogP contribution in [0.1, 0.15) is 55.4 Å². The van der Waals surface area contributed by atoms with E-state index in [9.17, 15) is 0 Å². The van der Waals surface area contributed by atoms with Crippen LogP contribution < -0.4 is 4.74 Å². The van der Waals surface area contributed by atoms with E-state index in [0.717, 1.165) is 62.8 Å². The van der Waals surface area contributed by atoms with Gasteiger partial charge in [0.05, 0.1) is 37.9 Å². The molecule has 1 aliphatic heterocycles. The van der Waals surface area contributed by atoms with Crippen LogP contribution in [0.15, 0.2) is 24.4 Å². The number of thiophene rings is 1. The molecule has 1 saturated carbocycles. The van der Waals surface area contributed by atoms with Crippen LogP contribution in [0.4, 0.5) is 0 Å². The molecular weight excluding hydrogens is 408 g/mol. The van der Waals surface area contributed by atoms with Crippen LogP contribution in [0.5, 0.6) is 5.75 Å². The Bertz CT molecular complexity index is 898. The van der Waals surface area contributed by atoms with Gasteiger partial charge in [0.25, 0.3) is 0 Å². The molecule has 3 aliphatic rings. The number of rotatable bonds is 7. The van der Waals surface area contributed by atoms with Gasteiger partial charge in [0.2, 0.25) is 0 Å². The average molecular weight is 443 g/mol. The average Bonchev–Trinajstić information content (AvgIpc) is 3.38. The van der Waals surface area contributed by atoms with Gasteiger partial charge in [0.1, 0.15) is 10.6 Å². The molecule has 1 saturated heterocycles. The number of ether oxygens (including phenoxy) is 3. The Morgan fingerprint density at radius 1 is 1.19 bits per heavy atom. The summed E-state index contributed by atoms with van der Waals surface area (Å²) in [4.78, 5) is 9.91. The highest BCUT2D eigenvalue weighted by atomic mass is 32.1. The van der Waals surface area contributed by atoms with Crippen molar-refractivity contribution in [2.75, 3.05) is 39.5 Å². The normalized spacial score (nSPS) is 27.2. The van der Waals surface area contributed by atoms with Gasteiger partial charge >= 0.3 is 0 Å². The van der Waals surface area contributed by atoms with Crippen molar-refractivity contribution in [2.24, 2.45) is 0 Å². The summed E-state index contributed by atoms with van der Waals surface area (Å²) in [5, 5.41) is 1.26. The number of hydrogen-bond donors (Lipinski definition) is 0. The van der Waals surface area contributed by atoms with Crippen molar-refractivity contribution in [1.29, 1.82) is 0 Å². The molecule has 2 fully saturated rings. The molecule has 5 rings (SSSR count). The van der Waals surface area contributed by atoms with E-state index >= 15 is 0 Å². The molecule has 0 aromatic carbocycles. The van der Waals surface area contributed by atoms with Gasteiger partial charge in [-0.25, -0.2) is 4.98 Å². The summed E-state index contributed by atoms with van der Waals surface area (Å²) in [5.41, 5.74) is 1.45. The zero-order chi connectivity index (χ0) is 21.0. The first-order valence-corrected chi connectivity index (χ1v) is 12.7. The summed E-state index contributed by atoms with van der Waals surface area (Å²) in [6.07, 6.45) is 13.4. The quantitative estimate of drug-likeness (QED) is 0.449. The molecule has 2 aromatic heterocycles. The van der Waals surface area contributed by atoms with Gasteiger partial charge < -0.3 is 14.2 Å². The molecule has 168 valence electrons. The zero-order valence-electron chi connectivity index (χ0n) is 18.6. The predicted molar refractivity (Wildman–Crippen MR) is 125 cm³/mol. The van der Waals surface area contributed by atoms with Gasteiger partial charge in [-0.05, 0) is 57.1 Å². The van der Waals surface area contributed by atoms with Crippen LogP contribution in [0.25, 0.3) is 10.2 Å². The number of pyridine rings is 1. The third-order valence-electron chi connectivity index (χ3n) is 7.06. The lowest BCUT2D eigenvalue weighted by Gasteiger charge is -2.38. The molecule has 31 heavy (non-hydrogen) atoms. The van der Waals surface area contributed by atoms with Crippen molar-refractivity contribution < 1.29 is 14.2 Å². The van der Waals surface area contributed by atoms with Crippen LogP contribution in [-0.2, 0) is 15.9 Å². The van der Waals surface area contributed by atoms with E-state index in [-0.39, 0.29) is 0 Å². The van der Waals surface area contributed by atoms with Crippen molar-refractivity contribution in [1.82, 2.24) is 9.88 Å². The third kappa shape index (κ3) is 4.68. The Kier molecular flexibility index (Phi) is 6.89. The fraction of sp³-hybridized carbons (Fsp3) is 0.640. The molecule has 0 amide bonds. The van der Waals surface area contributed by atoms with E-state index in [1.807, 2.05) is 30.5 Å². The molecule has 0 N–H and O–H groups in total. The van der Waals surface area contributed by atoms with Crippen molar-refractivity contribution in [3.63, 3.8) is 0 Å². The molecule has 2 aliphatic carbocycles. The number of nitrogens with zero attached hydrogens (tertiary/aromatic N) is 2. The zero-order valence-corrected chi connectivity index (χ0v) is 19.4. The molecule has 1 atom stereocenters. The highest BCUT2D eigenvalue weighted by Gasteiger charge is 2.31. The highest BCUT2D eigenvalue weighted by Crippen LogP contribution is 2.47. The lowest BCUT2D eigenvalue weighted by Crippen LogP contribution is -2.46. The van der Waals surface area contributed by atoms with Crippen LogP contribution in [0.3, 0.4) is 0 Å². The van der Waals surface area contributed by atoms with E-state index in [0.29, 0.717) is 24.7 Å². The minimum atomic E-state index is 0.309. The Morgan fingerprint density at radius 2 is 2.03 bits per heavy atom. The van der Waals surface area contributed by atoms with Crippen LogP contribution in [0.2, 0.25) is 0 Å². The lowest BCUT2D eigenvalue weighted by atomic mass is 9.91. The van der Waals surface area contributed by atoms with Crippen LogP contribution in [-0.4, -0.2) is 61.5 Å². The van der Waals surface area contributed by atoms with Crippen molar-refractivity contribution in [2.45, 2.75) is 63.5 Å². The largest absolute Gasteiger partial charge is 0.490 e. The van der Waals surface area contributed by atoms with Gasteiger partial charge in [-0.2, -0.15) is 0 Å². The number of allylic oxidation sites excluding steroid dienone is 1. The Balaban J connectivity index is 1.27. The van der Waals surface area contributed by atoms with Gasteiger partial charge in [0.15, 0.2) is 0 Å². The smallest absolute Gasteiger partial charge is 0.131 e. The van der Waals surface area contributed by atoms with Crippen LogP contribution >= 0.6 is 11.3 Å². The van der Waals surface area contributed by atoms with Crippen molar-refractivity contribution >= 4 is 21.6 Å². The van der Waals surface area contributed by atoms with E-state index < -0.39 is 0 Å². The number of aromatic nitrogens is 1.